The second kappa shape index (κ2) is 56.7. The van der Waals surface area contributed by atoms with Gasteiger partial charge in [0, 0.05) is 130 Å². The molecule has 0 aliphatic heterocycles. The van der Waals surface area contributed by atoms with Crippen LogP contribution in [0.3, 0.4) is 0 Å². The number of nitrogens with zero attached hydrogens (tertiary/aromatic N) is 8. The van der Waals surface area contributed by atoms with Crippen molar-refractivity contribution in [1.82, 2.24) is 39.9 Å². The third-order valence-electron chi connectivity index (χ3n) is 22.1. The van der Waals surface area contributed by atoms with Crippen LogP contribution in [0.25, 0.3) is 135 Å². The van der Waals surface area contributed by atoms with E-state index in [1.165, 1.54) is 70.8 Å². The number of rotatable bonds is 16. The summed E-state index contributed by atoms with van der Waals surface area (Å²) in [6.45, 7) is 30.5. The van der Waals surface area contributed by atoms with Gasteiger partial charge >= 0.3 is 0 Å². The molecule has 8 heterocycles. The summed E-state index contributed by atoms with van der Waals surface area (Å²) in [7, 11) is -5.10. The summed E-state index contributed by atoms with van der Waals surface area (Å²) in [5.74, 6) is 0. The van der Waals surface area contributed by atoms with Crippen LogP contribution in [0.5, 0.6) is 0 Å². The Morgan fingerprint density at radius 2 is 0.418 bits per heavy atom. The van der Waals surface area contributed by atoms with Gasteiger partial charge in [-0.3, -0.25) is 0 Å². The van der Waals surface area contributed by atoms with E-state index in [-0.39, 0.29) is 80.4 Å². The first-order valence-corrected chi connectivity index (χ1v) is 60.1. The van der Waals surface area contributed by atoms with Crippen LogP contribution in [-0.4, -0.2) is 72.2 Å². The molecule has 20 aromatic rings. The fourth-order valence-corrected chi connectivity index (χ4v) is 19.0. The normalized spacial score (nSPS) is 10.5. The van der Waals surface area contributed by atoms with Crippen LogP contribution in [0.4, 0.5) is 0 Å². The Labute approximate surface area is 894 Å². The van der Waals surface area contributed by atoms with Crippen molar-refractivity contribution in [2.45, 2.75) is 85.5 Å². The summed E-state index contributed by atoms with van der Waals surface area (Å²) in [5.41, 5.74) is 27.1. The first-order valence-electron chi connectivity index (χ1n) is 46.1. The maximum Gasteiger partial charge on any atom is 0.0776 e. The first kappa shape index (κ1) is 112. The zero-order chi connectivity index (χ0) is 96.1. The van der Waals surface area contributed by atoms with E-state index in [1.807, 2.05) is 261 Å². The molecule has 0 N–H and O–H groups in total. The van der Waals surface area contributed by atoms with Gasteiger partial charge in [0.25, 0.3) is 0 Å². The molecule has 0 spiro atoms. The predicted molar refractivity (Wildman–Crippen MR) is 586 cm³/mol. The molecule has 8 nitrogen and oxygen atoms in total. The minimum atomic E-state index is -1.33. The third-order valence-corrected chi connectivity index (χ3v) is 30.3. The molecule has 20 rings (SSSR count). The van der Waals surface area contributed by atoms with Crippen molar-refractivity contribution in [3.63, 3.8) is 0 Å². The summed E-state index contributed by atoms with van der Waals surface area (Å²) < 4.78 is 0. The SMILES string of the molecule is C[Si](C)(C)c1ccc(-c2cc[c-]c(-c3ccccn3)c2)cc1.C[Si](C)(C)c1cccc(-c2cc[c-]c(-c3ccccn3)c2)c1.C[Si](C)(C)c1ccnc(-c2[c-]ccc(-c3ccccc3)c2)c1.Cc1ccc(-c2[c-]ccc(-c3ccc([Si](C)(C)C)cc3)c2)nc1.[Ir].[Ir].[Ir].[Ir].[c-]1ccccc1-c1ccccn1.[c-]1ccccc1-c1ccccn1.[c-]1ccccc1-c1ccccn1.[c-]1ccccc1-c1ccccn1. The Morgan fingerprint density at radius 1 is 0.163 bits per heavy atom. The van der Waals surface area contributed by atoms with E-state index in [1.54, 1.807) is 24.8 Å². The van der Waals surface area contributed by atoms with Crippen LogP contribution in [0, 0.1) is 55.5 Å². The van der Waals surface area contributed by atoms with Gasteiger partial charge in [-0.25, -0.2) is 0 Å². The molecule has 8 aromatic heterocycles. The Kier molecular flexibility index (Phi) is 45.0. The van der Waals surface area contributed by atoms with Crippen LogP contribution >= 0.6 is 0 Å². The molecule has 0 bridgehead atoms. The van der Waals surface area contributed by atoms with Gasteiger partial charge in [-0.15, -0.1) is 285 Å². The molecule has 16 heteroatoms. The summed E-state index contributed by atoms with van der Waals surface area (Å²) >= 11 is 0. The molecule has 0 saturated heterocycles. The van der Waals surface area contributed by atoms with Gasteiger partial charge in [0.1, 0.15) is 0 Å². The molecule has 0 aliphatic carbocycles. The van der Waals surface area contributed by atoms with Gasteiger partial charge in [0.2, 0.25) is 0 Å². The molecule has 0 amide bonds. The maximum atomic E-state index is 4.55. The standard InChI is InChI=1S/C21H22NSi.3C20H20NSi.4C11H8N.4Ir/c1-16-8-13-21(22-15-16)19-7-5-6-18(14-19)17-9-11-20(12-10-17)23(2,3)4;1-22(2,3)19-11-7-9-17(15-19)16-8-6-10-18(14-16)20-12-4-5-13-21-20;1-22(2,3)19-12-10-16(11-13-19)17-7-6-8-18(15-17)20-9-4-5-14-21-20;1-22(2,3)19-12-13-21-20(15-19)18-11-7-10-17(14-18)16-8-5-4-6-9-16;4*1-2-6-10(7-3-1)11-8-4-5-9-12-11;;;;/h5-6,8-15H,1-4H3;4-9,11-15H,1-3H3;4-7,9-15H,1-3H3;4-10,12-15H,1-3H3;4*1-6,8-9H;;;;/q8*-1;;;;. The smallest absolute Gasteiger partial charge is 0.0776 e. The fourth-order valence-electron chi connectivity index (χ4n) is 14.3. The van der Waals surface area contributed by atoms with Crippen LogP contribution in [-0.2, 0) is 80.4 Å². The maximum absolute atomic E-state index is 4.55. The Bertz CT molecular complexity index is 6400. The quantitative estimate of drug-likeness (QED) is 0.0696. The van der Waals surface area contributed by atoms with Crippen molar-refractivity contribution in [3.05, 3.63) is 510 Å². The van der Waals surface area contributed by atoms with Crippen LogP contribution in [0.2, 0.25) is 78.6 Å². The predicted octanol–water partition coefficient (Wildman–Crippen LogP) is 29.5. The van der Waals surface area contributed by atoms with Gasteiger partial charge in [-0.2, -0.15) is 0 Å². The van der Waals surface area contributed by atoms with E-state index in [4.69, 9.17) is 0 Å². The van der Waals surface area contributed by atoms with Crippen molar-refractivity contribution in [2.75, 3.05) is 0 Å². The summed E-state index contributed by atoms with van der Waals surface area (Å²) in [5, 5.41) is 5.89. The molecule has 4 radical (unpaired) electrons. The zero-order valence-corrected chi connectivity index (χ0v) is 95.3. The second-order valence-electron chi connectivity index (χ2n) is 36.6. The fraction of sp³-hybridized carbons (Fsp3) is 0.104. The van der Waals surface area contributed by atoms with Crippen molar-refractivity contribution >= 4 is 53.0 Å². The second-order valence-corrected chi connectivity index (χ2v) is 56.9. The number of hydrogen-bond acceptors (Lipinski definition) is 8. The third kappa shape index (κ3) is 35.5. The molecule has 0 saturated carbocycles. The minimum absolute atomic E-state index is 0. The molecule has 12 aromatic carbocycles. The van der Waals surface area contributed by atoms with Gasteiger partial charge in [0.05, 0.1) is 32.3 Å². The van der Waals surface area contributed by atoms with E-state index in [0.717, 1.165) is 90.1 Å². The first-order chi connectivity index (χ1) is 66.4. The molecular weight excluding hydrogens is 2490 g/mol. The molecule has 0 atom stereocenters. The topological polar surface area (TPSA) is 103 Å². The summed E-state index contributed by atoms with van der Waals surface area (Å²) in [6.07, 6.45) is 14.6. The van der Waals surface area contributed by atoms with Crippen LogP contribution < -0.4 is 20.7 Å². The van der Waals surface area contributed by atoms with Gasteiger partial charge in [-0.05, 0) is 123 Å². The number of pyridine rings is 8. The van der Waals surface area contributed by atoms with E-state index < -0.39 is 32.3 Å². The summed E-state index contributed by atoms with van der Waals surface area (Å²) in [4.78, 5) is 34.7. The average molecular weight is 2610 g/mol. The zero-order valence-electron chi connectivity index (χ0n) is 81.7. The van der Waals surface area contributed by atoms with Crippen molar-refractivity contribution in [1.29, 1.82) is 0 Å². The average Bonchev–Trinajstić information content (AvgIpc) is 0.813. The molecule has 0 fully saturated rings. The molecule has 714 valence electrons. The van der Waals surface area contributed by atoms with E-state index in [2.05, 4.69) is 344 Å². The van der Waals surface area contributed by atoms with E-state index >= 15 is 0 Å². The van der Waals surface area contributed by atoms with Crippen molar-refractivity contribution in [2.24, 2.45) is 0 Å². The Balaban J connectivity index is 0.000000182. The summed E-state index contributed by atoms with van der Waals surface area (Å²) in [6, 6.07) is 163. The molecule has 0 aliphatic rings. The largest absolute Gasteiger partial charge is 0.305 e. The number of aromatic nitrogens is 8. The molecular formula is C125H114Ir4N8Si4-8. The van der Waals surface area contributed by atoms with Crippen molar-refractivity contribution < 1.29 is 80.4 Å². The minimum Gasteiger partial charge on any atom is -0.305 e. The van der Waals surface area contributed by atoms with E-state index in [0.29, 0.717) is 0 Å². The van der Waals surface area contributed by atoms with Crippen LogP contribution in [0.1, 0.15) is 5.56 Å². The van der Waals surface area contributed by atoms with Crippen LogP contribution in [0.15, 0.2) is 456 Å². The monoisotopic (exact) mass is 2610 g/mol. The Morgan fingerprint density at radius 3 is 0.709 bits per heavy atom. The number of aryl methyl sites for hydroxylation is 1. The van der Waals surface area contributed by atoms with Gasteiger partial charge in [-0.1, -0.05) is 293 Å². The molecule has 0 unspecified atom stereocenters. The number of hydrogen-bond donors (Lipinski definition) is 0. The van der Waals surface area contributed by atoms with Gasteiger partial charge in [0.15, 0.2) is 0 Å². The van der Waals surface area contributed by atoms with E-state index in [9.17, 15) is 0 Å². The van der Waals surface area contributed by atoms with Gasteiger partial charge < -0.3 is 39.9 Å². The van der Waals surface area contributed by atoms with Crippen molar-refractivity contribution in [3.8, 4) is 135 Å². The molecule has 141 heavy (non-hydrogen) atoms. The number of benzene rings is 12. The Hall–Kier alpha value is -12.7.